The first kappa shape index (κ1) is 21.8. The Morgan fingerprint density at radius 2 is 1.87 bits per heavy atom. The zero-order chi connectivity index (χ0) is 21.1. The average Bonchev–Trinajstić information content (AvgIpc) is 3.04. The highest BCUT2D eigenvalue weighted by atomic mass is 19.3. The number of aryl methyl sites for hydroxylation is 1. The summed E-state index contributed by atoms with van der Waals surface area (Å²) in [4.78, 5) is 12.5. The van der Waals surface area contributed by atoms with Crippen LogP contribution in [0.2, 0.25) is 0 Å². The van der Waals surface area contributed by atoms with Crippen LogP contribution in [0.4, 0.5) is 8.78 Å². The number of benzene rings is 1. The number of carbonyl (C=O) groups is 1. The topological polar surface area (TPSA) is 26.3 Å². The molecule has 0 spiro atoms. The first-order chi connectivity index (χ1) is 14.5. The van der Waals surface area contributed by atoms with E-state index in [9.17, 15) is 13.6 Å². The van der Waals surface area contributed by atoms with Gasteiger partial charge < -0.3 is 4.74 Å². The minimum atomic E-state index is -2.16. The molecule has 3 aliphatic rings. The van der Waals surface area contributed by atoms with E-state index < -0.39 is 6.43 Å². The highest BCUT2D eigenvalue weighted by Gasteiger charge is 2.54. The number of hydrogen-bond donors (Lipinski definition) is 0. The van der Waals surface area contributed by atoms with Gasteiger partial charge >= 0.3 is 0 Å². The third-order valence-corrected chi connectivity index (χ3v) is 8.24. The van der Waals surface area contributed by atoms with Gasteiger partial charge in [-0.2, -0.15) is 0 Å². The molecule has 2 fully saturated rings. The number of rotatable bonds is 9. The van der Waals surface area contributed by atoms with E-state index in [2.05, 4.69) is 25.1 Å². The molecule has 0 saturated heterocycles. The van der Waals surface area contributed by atoms with Crippen LogP contribution >= 0.6 is 0 Å². The summed E-state index contributed by atoms with van der Waals surface area (Å²) in [5.74, 6) is 3.32. The van der Waals surface area contributed by atoms with Crippen molar-refractivity contribution in [1.82, 2.24) is 0 Å². The van der Waals surface area contributed by atoms with Gasteiger partial charge in [0.25, 0.3) is 0 Å². The van der Waals surface area contributed by atoms with E-state index in [-0.39, 0.29) is 11.8 Å². The number of ether oxygens (including phenoxy) is 1. The van der Waals surface area contributed by atoms with Crippen molar-refractivity contribution in [3.05, 3.63) is 29.3 Å². The van der Waals surface area contributed by atoms with Crippen molar-refractivity contribution in [2.24, 2.45) is 17.3 Å². The maximum Gasteiger partial charge on any atom is 0.238 e. The van der Waals surface area contributed by atoms with Gasteiger partial charge in [0.1, 0.15) is 11.5 Å². The van der Waals surface area contributed by atoms with E-state index in [1.54, 1.807) is 0 Å². The lowest BCUT2D eigenvalue weighted by atomic mass is 9.55. The van der Waals surface area contributed by atoms with Crippen molar-refractivity contribution in [3.63, 3.8) is 0 Å². The van der Waals surface area contributed by atoms with E-state index in [0.29, 0.717) is 36.6 Å². The highest BCUT2D eigenvalue weighted by molar-refractivity contribution is 5.87. The molecule has 0 N–H and O–H groups in total. The Morgan fingerprint density at radius 1 is 1.07 bits per heavy atom. The van der Waals surface area contributed by atoms with Gasteiger partial charge in [-0.15, -0.1) is 0 Å². The summed E-state index contributed by atoms with van der Waals surface area (Å²) in [5.41, 5.74) is 2.88. The monoisotopic (exact) mass is 418 g/mol. The summed E-state index contributed by atoms with van der Waals surface area (Å²) >= 11 is 0. The van der Waals surface area contributed by atoms with Crippen LogP contribution in [0.25, 0.3) is 0 Å². The molecule has 4 rings (SSSR count). The van der Waals surface area contributed by atoms with Crippen LogP contribution in [0.1, 0.15) is 94.6 Å². The Labute approximate surface area is 179 Å². The van der Waals surface area contributed by atoms with Crippen LogP contribution in [-0.2, 0) is 11.2 Å². The third-order valence-electron chi connectivity index (χ3n) is 8.24. The fourth-order valence-corrected chi connectivity index (χ4v) is 6.54. The molecular formula is C26H36F2O2. The Kier molecular flexibility index (Phi) is 6.79. The van der Waals surface area contributed by atoms with Gasteiger partial charge in [0.05, 0.1) is 6.61 Å². The molecule has 166 valence electrons. The Balaban J connectivity index is 1.27. The van der Waals surface area contributed by atoms with Crippen molar-refractivity contribution in [3.8, 4) is 5.75 Å². The fourth-order valence-electron chi connectivity index (χ4n) is 6.54. The normalized spacial score (nSPS) is 30.1. The molecule has 0 aliphatic heterocycles. The molecule has 0 amide bonds. The van der Waals surface area contributed by atoms with Gasteiger partial charge in [-0.3, -0.25) is 4.79 Å². The van der Waals surface area contributed by atoms with Crippen molar-refractivity contribution in [2.45, 2.75) is 96.3 Å². The fraction of sp³-hybridized carbons (Fsp3) is 0.731. The molecule has 3 aliphatic carbocycles. The molecule has 4 atom stereocenters. The third kappa shape index (κ3) is 4.43. The number of hydrogen-bond acceptors (Lipinski definition) is 2. The second-order valence-electron chi connectivity index (χ2n) is 9.99. The number of alkyl halides is 2. The Hall–Kier alpha value is -1.45. The maximum atomic E-state index is 12.5. The molecule has 4 heteroatoms. The van der Waals surface area contributed by atoms with E-state index >= 15 is 0 Å². The predicted molar refractivity (Wildman–Crippen MR) is 115 cm³/mol. The van der Waals surface area contributed by atoms with Crippen LogP contribution in [-0.4, -0.2) is 18.8 Å². The van der Waals surface area contributed by atoms with Gasteiger partial charge in [-0.1, -0.05) is 32.3 Å². The number of fused-ring (bicyclic) bond motifs is 5. The molecule has 0 aromatic heterocycles. The summed E-state index contributed by atoms with van der Waals surface area (Å²) in [6.45, 7) is 2.93. The number of ketones is 1. The molecule has 30 heavy (non-hydrogen) atoms. The highest BCUT2D eigenvalue weighted by Crippen LogP contribution is 2.59. The number of halogens is 2. The summed E-state index contributed by atoms with van der Waals surface area (Å²) in [5, 5.41) is 0. The molecule has 0 bridgehead atoms. The van der Waals surface area contributed by atoms with E-state index in [1.807, 2.05) is 0 Å². The number of Topliss-reactive ketones (excluding diaryl/α,β-unsaturated/α-hetero) is 1. The minimum Gasteiger partial charge on any atom is -0.494 e. The predicted octanol–water partition coefficient (Wildman–Crippen LogP) is 7.10. The van der Waals surface area contributed by atoms with E-state index in [4.69, 9.17) is 4.74 Å². The second kappa shape index (κ2) is 9.36. The molecule has 2 saturated carbocycles. The van der Waals surface area contributed by atoms with Gasteiger partial charge in [0.15, 0.2) is 0 Å². The van der Waals surface area contributed by atoms with Crippen LogP contribution in [0.15, 0.2) is 18.2 Å². The Bertz CT molecular complexity index is 747. The number of unbranched alkanes of at least 4 members (excludes halogenated alkanes) is 4. The van der Waals surface area contributed by atoms with Crippen molar-refractivity contribution < 1.29 is 18.3 Å². The maximum absolute atomic E-state index is 12.5. The molecule has 1 aromatic carbocycles. The molecule has 2 nitrogen and oxygen atoms in total. The molecule has 0 unspecified atom stereocenters. The van der Waals surface area contributed by atoms with Gasteiger partial charge in [-0.05, 0) is 86.0 Å². The summed E-state index contributed by atoms with van der Waals surface area (Å²) in [7, 11) is 0. The molecule has 1 aromatic rings. The SMILES string of the molecule is C[C@]12CC[C@@H]3c4ccc(OCCCCCCCC(F)F)cc4CC[C@H]3[C@@H]1CCC2=O. The van der Waals surface area contributed by atoms with Crippen LogP contribution in [0.5, 0.6) is 5.75 Å². The first-order valence-electron chi connectivity index (χ1n) is 12.1. The van der Waals surface area contributed by atoms with Gasteiger partial charge in [-0.25, -0.2) is 8.78 Å². The average molecular weight is 419 g/mol. The van der Waals surface area contributed by atoms with Gasteiger partial charge in [0.2, 0.25) is 6.43 Å². The lowest BCUT2D eigenvalue weighted by Crippen LogP contribution is -2.42. The van der Waals surface area contributed by atoms with E-state index in [1.165, 1.54) is 17.5 Å². The summed E-state index contributed by atoms with van der Waals surface area (Å²) < 4.78 is 30.2. The minimum absolute atomic E-state index is 0.0315. The summed E-state index contributed by atoms with van der Waals surface area (Å²) in [6, 6.07) is 6.64. The molecular weight excluding hydrogens is 382 g/mol. The molecule has 0 radical (unpaired) electrons. The quantitative estimate of drug-likeness (QED) is 0.400. The molecule has 0 heterocycles. The zero-order valence-corrected chi connectivity index (χ0v) is 18.3. The lowest BCUT2D eigenvalue weighted by molar-refractivity contribution is -0.129. The largest absolute Gasteiger partial charge is 0.494 e. The second-order valence-corrected chi connectivity index (χ2v) is 9.99. The number of carbonyl (C=O) groups excluding carboxylic acids is 1. The van der Waals surface area contributed by atoms with Gasteiger partial charge in [0, 0.05) is 18.3 Å². The lowest BCUT2D eigenvalue weighted by Gasteiger charge is -2.48. The van der Waals surface area contributed by atoms with Crippen LogP contribution in [0, 0.1) is 17.3 Å². The van der Waals surface area contributed by atoms with E-state index in [0.717, 1.165) is 63.5 Å². The zero-order valence-electron chi connectivity index (χ0n) is 18.3. The van der Waals surface area contributed by atoms with Crippen molar-refractivity contribution >= 4 is 5.78 Å². The van der Waals surface area contributed by atoms with Crippen molar-refractivity contribution in [1.29, 1.82) is 0 Å². The van der Waals surface area contributed by atoms with Crippen molar-refractivity contribution in [2.75, 3.05) is 6.61 Å². The van der Waals surface area contributed by atoms with Crippen LogP contribution < -0.4 is 4.74 Å². The van der Waals surface area contributed by atoms with Crippen LogP contribution in [0.3, 0.4) is 0 Å². The standard InChI is InChI=1S/C26H36F2O2/c1-26-15-14-21-20-11-9-19(30-16-6-4-2-3-5-7-25(27)28)17-18(20)8-10-22(21)23(26)12-13-24(26)29/h9,11,17,21-23,25H,2-8,10,12-16H2,1H3/t21-,22-,23+,26+/m1/s1. The Morgan fingerprint density at radius 3 is 2.70 bits per heavy atom. The first-order valence-corrected chi connectivity index (χ1v) is 12.1. The summed E-state index contributed by atoms with van der Waals surface area (Å²) in [6.07, 6.45) is 8.77. The smallest absolute Gasteiger partial charge is 0.238 e.